The summed E-state index contributed by atoms with van der Waals surface area (Å²) in [5, 5.41) is 23.4. The van der Waals surface area contributed by atoms with Crippen molar-refractivity contribution in [1.82, 2.24) is 5.32 Å². The van der Waals surface area contributed by atoms with Crippen molar-refractivity contribution in [3.05, 3.63) is 39.9 Å². The van der Waals surface area contributed by atoms with E-state index in [-0.39, 0.29) is 11.8 Å². The summed E-state index contributed by atoms with van der Waals surface area (Å²) in [6.07, 6.45) is -0.607. The van der Waals surface area contributed by atoms with Crippen molar-refractivity contribution in [2.45, 2.75) is 19.1 Å². The molecule has 0 aromatic heterocycles. The number of non-ortho nitro benzene ring substituents is 1. The Morgan fingerprint density at radius 1 is 1.39 bits per heavy atom. The summed E-state index contributed by atoms with van der Waals surface area (Å²) < 4.78 is 5.06. The van der Waals surface area contributed by atoms with E-state index < -0.39 is 11.0 Å². The molecule has 1 aromatic carbocycles. The molecule has 2 atom stereocenters. The Kier molecular flexibility index (Phi) is 5.70. The smallest absolute Gasteiger partial charge is 0.269 e. The molecule has 2 N–H and O–H groups in total. The van der Waals surface area contributed by atoms with E-state index >= 15 is 0 Å². The first-order chi connectivity index (χ1) is 8.54. The van der Waals surface area contributed by atoms with Crippen molar-refractivity contribution in [2.24, 2.45) is 0 Å². The number of ether oxygens (including phenoxy) is 1. The lowest BCUT2D eigenvalue weighted by Crippen LogP contribution is -2.29. The van der Waals surface area contributed by atoms with Crippen molar-refractivity contribution in [1.29, 1.82) is 0 Å². The lowest BCUT2D eigenvalue weighted by molar-refractivity contribution is -0.384. The number of rotatable bonds is 7. The first-order valence-corrected chi connectivity index (χ1v) is 5.70. The summed E-state index contributed by atoms with van der Waals surface area (Å²) >= 11 is 0. The highest BCUT2D eigenvalue weighted by atomic mass is 16.6. The largest absolute Gasteiger partial charge is 0.387 e. The second-order valence-corrected chi connectivity index (χ2v) is 4.07. The van der Waals surface area contributed by atoms with Crippen LogP contribution in [0.3, 0.4) is 0 Å². The number of hydrogen-bond donors (Lipinski definition) is 2. The predicted octanol–water partition coefficient (Wildman–Crippen LogP) is 1.25. The fourth-order valence-corrected chi connectivity index (χ4v) is 1.44. The highest BCUT2D eigenvalue weighted by Crippen LogP contribution is 2.17. The van der Waals surface area contributed by atoms with E-state index in [2.05, 4.69) is 5.32 Å². The van der Waals surface area contributed by atoms with Gasteiger partial charge in [-0.25, -0.2) is 0 Å². The number of aliphatic hydroxyl groups excluding tert-OH is 1. The van der Waals surface area contributed by atoms with Gasteiger partial charge in [0.05, 0.1) is 17.1 Å². The van der Waals surface area contributed by atoms with Crippen LogP contribution in [-0.4, -0.2) is 36.3 Å². The molecule has 1 rings (SSSR count). The fourth-order valence-electron chi connectivity index (χ4n) is 1.44. The molecule has 0 aliphatic carbocycles. The van der Waals surface area contributed by atoms with E-state index in [9.17, 15) is 15.2 Å². The number of benzene rings is 1. The van der Waals surface area contributed by atoms with Crippen molar-refractivity contribution in [3.63, 3.8) is 0 Å². The van der Waals surface area contributed by atoms with Gasteiger partial charge in [0.15, 0.2) is 0 Å². The van der Waals surface area contributed by atoms with E-state index in [0.29, 0.717) is 18.7 Å². The number of hydrogen-bond acceptors (Lipinski definition) is 5. The highest BCUT2D eigenvalue weighted by molar-refractivity contribution is 5.33. The molecule has 0 aliphatic rings. The highest BCUT2D eigenvalue weighted by Gasteiger charge is 2.10. The molecule has 18 heavy (non-hydrogen) atoms. The summed E-state index contributed by atoms with van der Waals surface area (Å²) in [5.74, 6) is 0. The maximum atomic E-state index is 10.5. The Bertz CT molecular complexity index is 380. The van der Waals surface area contributed by atoms with Crippen molar-refractivity contribution < 1.29 is 14.8 Å². The average molecular weight is 254 g/mol. The summed E-state index contributed by atoms with van der Waals surface area (Å²) in [6, 6.07) is 5.89. The van der Waals surface area contributed by atoms with Crippen molar-refractivity contribution in [3.8, 4) is 0 Å². The van der Waals surface area contributed by atoms with Gasteiger partial charge in [-0.2, -0.15) is 0 Å². The number of nitro groups is 1. The molecule has 0 spiro atoms. The third-order valence-electron chi connectivity index (χ3n) is 2.66. The lowest BCUT2D eigenvalue weighted by atomic mass is 10.1. The number of methoxy groups -OCH3 is 1. The topological polar surface area (TPSA) is 84.6 Å². The van der Waals surface area contributed by atoms with Crippen LogP contribution < -0.4 is 5.32 Å². The Hall–Kier alpha value is -1.50. The van der Waals surface area contributed by atoms with Gasteiger partial charge < -0.3 is 15.2 Å². The minimum Gasteiger partial charge on any atom is -0.387 e. The molecule has 0 aliphatic heterocycles. The van der Waals surface area contributed by atoms with Gasteiger partial charge in [0, 0.05) is 32.3 Å². The molecule has 6 heteroatoms. The van der Waals surface area contributed by atoms with Crippen LogP contribution in [0.5, 0.6) is 0 Å². The van der Waals surface area contributed by atoms with E-state index in [1.807, 2.05) is 6.92 Å². The molecule has 0 radical (unpaired) electrons. The molecule has 0 saturated heterocycles. The monoisotopic (exact) mass is 254 g/mol. The van der Waals surface area contributed by atoms with Gasteiger partial charge >= 0.3 is 0 Å². The van der Waals surface area contributed by atoms with Crippen molar-refractivity contribution >= 4 is 5.69 Å². The van der Waals surface area contributed by atoms with Crippen LogP contribution >= 0.6 is 0 Å². The maximum Gasteiger partial charge on any atom is 0.269 e. The molecule has 6 nitrogen and oxygen atoms in total. The van der Waals surface area contributed by atoms with E-state index in [0.717, 1.165) is 0 Å². The zero-order valence-electron chi connectivity index (χ0n) is 10.5. The molecule has 100 valence electrons. The molecule has 0 heterocycles. The van der Waals surface area contributed by atoms with Crippen LogP contribution in [0.1, 0.15) is 18.6 Å². The summed E-state index contributed by atoms with van der Waals surface area (Å²) in [5.41, 5.74) is 0.671. The quantitative estimate of drug-likeness (QED) is 0.565. The SMILES string of the molecule is COC(C)CNCC(O)c1ccc([N+](=O)[O-])cc1. The van der Waals surface area contributed by atoms with Gasteiger partial charge in [0.25, 0.3) is 5.69 Å². The summed E-state index contributed by atoms with van der Waals surface area (Å²) in [4.78, 5) is 10.0. The van der Waals surface area contributed by atoms with Gasteiger partial charge in [-0.1, -0.05) is 0 Å². The number of nitrogens with zero attached hydrogens (tertiary/aromatic N) is 1. The van der Waals surface area contributed by atoms with Gasteiger partial charge in [-0.15, -0.1) is 0 Å². The molecule has 0 fully saturated rings. The molecule has 0 bridgehead atoms. The summed E-state index contributed by atoms with van der Waals surface area (Å²) in [7, 11) is 1.62. The second-order valence-electron chi connectivity index (χ2n) is 4.07. The second kappa shape index (κ2) is 7.05. The summed E-state index contributed by atoms with van der Waals surface area (Å²) in [6.45, 7) is 2.94. The third-order valence-corrected chi connectivity index (χ3v) is 2.66. The minimum absolute atomic E-state index is 0.0203. The first-order valence-electron chi connectivity index (χ1n) is 5.70. The van der Waals surface area contributed by atoms with Gasteiger partial charge in [0.1, 0.15) is 0 Å². The third kappa shape index (κ3) is 4.40. The van der Waals surface area contributed by atoms with Crippen molar-refractivity contribution in [2.75, 3.05) is 20.2 Å². The zero-order chi connectivity index (χ0) is 13.5. The number of nitrogens with one attached hydrogen (secondary N) is 1. The number of nitro benzene ring substituents is 1. The normalized spacial score (nSPS) is 14.2. The predicted molar refractivity (Wildman–Crippen MR) is 67.4 cm³/mol. The van der Waals surface area contributed by atoms with Gasteiger partial charge in [-0.3, -0.25) is 10.1 Å². The van der Waals surface area contributed by atoms with Gasteiger partial charge in [-0.05, 0) is 24.6 Å². The van der Waals surface area contributed by atoms with Gasteiger partial charge in [0.2, 0.25) is 0 Å². The lowest BCUT2D eigenvalue weighted by Gasteiger charge is -2.14. The molecular weight excluding hydrogens is 236 g/mol. The maximum absolute atomic E-state index is 10.5. The molecule has 0 saturated carbocycles. The van der Waals surface area contributed by atoms with Crippen LogP contribution in [0.4, 0.5) is 5.69 Å². The zero-order valence-corrected chi connectivity index (χ0v) is 10.5. The average Bonchev–Trinajstić information content (AvgIpc) is 2.38. The molecule has 0 amide bonds. The fraction of sp³-hybridized carbons (Fsp3) is 0.500. The Labute approximate surface area is 106 Å². The van der Waals surface area contributed by atoms with Crippen LogP contribution in [0.25, 0.3) is 0 Å². The minimum atomic E-state index is -0.685. The molecule has 1 aromatic rings. The molecule has 2 unspecified atom stereocenters. The van der Waals surface area contributed by atoms with E-state index in [1.165, 1.54) is 12.1 Å². The Morgan fingerprint density at radius 2 is 2.00 bits per heavy atom. The molecular formula is C12H18N2O4. The Balaban J connectivity index is 2.46. The standard InChI is InChI=1S/C12H18N2O4/c1-9(18-2)7-13-8-12(15)10-3-5-11(6-4-10)14(16)17/h3-6,9,12-13,15H,7-8H2,1-2H3. The van der Waals surface area contributed by atoms with E-state index in [1.54, 1.807) is 19.2 Å². The van der Waals surface area contributed by atoms with E-state index in [4.69, 9.17) is 4.74 Å². The number of aliphatic hydroxyl groups is 1. The first kappa shape index (κ1) is 14.6. The van der Waals surface area contributed by atoms with Crippen LogP contribution in [0.2, 0.25) is 0 Å². The van der Waals surface area contributed by atoms with Crippen LogP contribution in [0.15, 0.2) is 24.3 Å². The van der Waals surface area contributed by atoms with Crippen LogP contribution in [0, 0.1) is 10.1 Å². The van der Waals surface area contributed by atoms with Crippen LogP contribution in [-0.2, 0) is 4.74 Å². The Morgan fingerprint density at radius 3 is 2.50 bits per heavy atom.